The van der Waals surface area contributed by atoms with Gasteiger partial charge in [0.25, 0.3) is 0 Å². The molecule has 0 atom stereocenters. The zero-order valence-electron chi connectivity index (χ0n) is 12.4. The fourth-order valence-electron chi connectivity index (χ4n) is 2.14. The number of nitrogens with one attached hydrogen (secondary N) is 1. The molecule has 3 rings (SSSR count). The fourth-order valence-corrected chi connectivity index (χ4v) is 3.38. The van der Waals surface area contributed by atoms with Gasteiger partial charge >= 0.3 is 0 Å². The van der Waals surface area contributed by atoms with Crippen LogP contribution in [0.5, 0.6) is 0 Å². The summed E-state index contributed by atoms with van der Waals surface area (Å²) < 4.78 is 29.1. The van der Waals surface area contributed by atoms with Gasteiger partial charge in [0.05, 0.1) is 0 Å². The standard InChI is InChI=1S/C14H17N5O2S/c1-14(17-18-14)8-9-15-22(20,21)12-10-19(2)16-13(12)11-6-4-3-5-7-11/h3-7,10,15H,8-9H2,1-2H3. The van der Waals surface area contributed by atoms with Crippen molar-refractivity contribution in [2.75, 3.05) is 6.54 Å². The molecular weight excluding hydrogens is 302 g/mol. The molecule has 1 aromatic carbocycles. The Morgan fingerprint density at radius 3 is 2.55 bits per heavy atom. The highest BCUT2D eigenvalue weighted by Gasteiger charge is 2.33. The molecule has 0 radical (unpaired) electrons. The lowest BCUT2D eigenvalue weighted by molar-refractivity contribution is 0.557. The van der Waals surface area contributed by atoms with E-state index in [1.165, 1.54) is 10.9 Å². The topological polar surface area (TPSA) is 88.7 Å². The molecule has 0 saturated carbocycles. The first-order chi connectivity index (χ1) is 10.4. The van der Waals surface area contributed by atoms with Gasteiger partial charge in [-0.15, -0.1) is 0 Å². The molecule has 2 heterocycles. The summed E-state index contributed by atoms with van der Waals surface area (Å²) in [5.74, 6) is 0. The third-order valence-corrected chi connectivity index (χ3v) is 4.93. The SMILES string of the molecule is Cn1cc(S(=O)(=O)NCCC2(C)N=N2)c(-c2ccccc2)n1. The molecule has 0 unspecified atom stereocenters. The first-order valence-electron chi connectivity index (χ1n) is 6.92. The number of hydrogen-bond donors (Lipinski definition) is 1. The zero-order chi connectivity index (χ0) is 15.8. The first-order valence-corrected chi connectivity index (χ1v) is 8.41. The van der Waals surface area contributed by atoms with Gasteiger partial charge in [0.15, 0.2) is 5.66 Å². The molecule has 0 amide bonds. The highest BCUT2D eigenvalue weighted by Crippen LogP contribution is 2.30. The second-order valence-corrected chi connectivity index (χ2v) is 7.18. The second kappa shape index (κ2) is 5.29. The van der Waals surface area contributed by atoms with E-state index in [2.05, 4.69) is 20.0 Å². The molecule has 8 heteroatoms. The number of hydrogen-bond acceptors (Lipinski definition) is 5. The summed E-state index contributed by atoms with van der Waals surface area (Å²) in [6, 6.07) is 9.26. The van der Waals surface area contributed by atoms with Gasteiger partial charge in [-0.25, -0.2) is 13.1 Å². The molecule has 1 N–H and O–H groups in total. The predicted molar refractivity (Wildman–Crippen MR) is 81.7 cm³/mol. The monoisotopic (exact) mass is 319 g/mol. The van der Waals surface area contributed by atoms with Crippen molar-refractivity contribution in [2.45, 2.75) is 23.9 Å². The molecule has 0 spiro atoms. The summed E-state index contributed by atoms with van der Waals surface area (Å²) in [5, 5.41) is 12.0. The van der Waals surface area contributed by atoms with Crippen LogP contribution in [0, 0.1) is 0 Å². The Kier molecular flexibility index (Phi) is 3.57. The van der Waals surface area contributed by atoms with Crippen LogP contribution in [0.3, 0.4) is 0 Å². The second-order valence-electron chi connectivity index (χ2n) is 5.45. The summed E-state index contributed by atoms with van der Waals surface area (Å²) >= 11 is 0. The maximum Gasteiger partial charge on any atom is 0.244 e. The zero-order valence-corrected chi connectivity index (χ0v) is 13.2. The minimum absolute atomic E-state index is 0.177. The Balaban J connectivity index is 1.84. The minimum Gasteiger partial charge on any atom is -0.274 e. The van der Waals surface area contributed by atoms with Crippen molar-refractivity contribution in [1.82, 2.24) is 14.5 Å². The Morgan fingerprint density at radius 2 is 1.91 bits per heavy atom. The van der Waals surface area contributed by atoms with Crippen molar-refractivity contribution < 1.29 is 8.42 Å². The molecule has 22 heavy (non-hydrogen) atoms. The van der Waals surface area contributed by atoms with E-state index in [9.17, 15) is 8.42 Å². The number of rotatable bonds is 6. The van der Waals surface area contributed by atoms with Crippen molar-refractivity contribution in [2.24, 2.45) is 17.3 Å². The first kappa shape index (κ1) is 14.9. The maximum absolute atomic E-state index is 12.5. The van der Waals surface area contributed by atoms with Gasteiger partial charge < -0.3 is 0 Å². The van der Waals surface area contributed by atoms with Crippen molar-refractivity contribution >= 4 is 10.0 Å². The molecule has 116 valence electrons. The lowest BCUT2D eigenvalue weighted by atomic mass is 10.2. The number of aromatic nitrogens is 2. The number of benzene rings is 1. The van der Waals surface area contributed by atoms with Crippen LogP contribution in [-0.2, 0) is 17.1 Å². The van der Waals surface area contributed by atoms with E-state index in [-0.39, 0.29) is 11.4 Å². The summed E-state index contributed by atoms with van der Waals surface area (Å²) in [7, 11) is -1.93. The van der Waals surface area contributed by atoms with Gasteiger partial charge in [-0.05, 0) is 6.92 Å². The molecule has 2 aromatic rings. The Labute approximate surface area is 129 Å². The van der Waals surface area contributed by atoms with E-state index in [0.717, 1.165) is 5.56 Å². The fraction of sp³-hybridized carbons (Fsp3) is 0.357. The molecular formula is C14H17N5O2S. The summed E-state index contributed by atoms with van der Waals surface area (Å²) in [5.41, 5.74) is 0.796. The quantitative estimate of drug-likeness (QED) is 0.882. The number of nitrogens with zero attached hydrogens (tertiary/aromatic N) is 4. The summed E-state index contributed by atoms with van der Waals surface area (Å²) in [4.78, 5) is 0.177. The van der Waals surface area contributed by atoms with Gasteiger partial charge in [-0.3, -0.25) is 4.68 Å². The lowest BCUT2D eigenvalue weighted by Crippen LogP contribution is -2.27. The largest absolute Gasteiger partial charge is 0.274 e. The molecule has 1 aliphatic rings. The lowest BCUT2D eigenvalue weighted by Gasteiger charge is -2.08. The van der Waals surface area contributed by atoms with Crippen LogP contribution in [0.15, 0.2) is 51.7 Å². The van der Waals surface area contributed by atoms with Crippen LogP contribution in [0.2, 0.25) is 0 Å². The van der Waals surface area contributed by atoms with Crippen molar-refractivity contribution in [3.63, 3.8) is 0 Å². The molecule has 7 nitrogen and oxygen atoms in total. The Morgan fingerprint density at radius 1 is 1.23 bits per heavy atom. The maximum atomic E-state index is 12.5. The van der Waals surface area contributed by atoms with Crippen molar-refractivity contribution in [3.05, 3.63) is 36.5 Å². The predicted octanol–water partition coefficient (Wildman–Crippen LogP) is 1.94. The average Bonchev–Trinajstić information content (AvgIpc) is 3.07. The van der Waals surface area contributed by atoms with Crippen molar-refractivity contribution in [1.29, 1.82) is 0 Å². The van der Waals surface area contributed by atoms with Crippen molar-refractivity contribution in [3.8, 4) is 11.3 Å². The third-order valence-electron chi connectivity index (χ3n) is 3.46. The Bertz CT molecular complexity index is 805. The molecule has 0 bridgehead atoms. The van der Waals surface area contributed by atoms with Crippen LogP contribution in [0.4, 0.5) is 0 Å². The van der Waals surface area contributed by atoms with Gasteiger partial charge in [0.2, 0.25) is 10.0 Å². The average molecular weight is 319 g/mol. The minimum atomic E-state index is -3.63. The van der Waals surface area contributed by atoms with E-state index in [4.69, 9.17) is 0 Å². The molecule has 0 aliphatic carbocycles. The van der Waals surface area contributed by atoms with E-state index in [0.29, 0.717) is 12.1 Å². The van der Waals surface area contributed by atoms with E-state index >= 15 is 0 Å². The Hall–Kier alpha value is -2.06. The van der Waals surface area contributed by atoms with E-state index < -0.39 is 15.7 Å². The van der Waals surface area contributed by atoms with E-state index in [1.54, 1.807) is 7.05 Å². The molecule has 1 aliphatic heterocycles. The number of sulfonamides is 1. The third kappa shape index (κ3) is 3.07. The highest BCUT2D eigenvalue weighted by molar-refractivity contribution is 7.89. The molecule has 0 saturated heterocycles. The van der Waals surface area contributed by atoms with Crippen LogP contribution in [0.1, 0.15) is 13.3 Å². The summed E-state index contributed by atoms with van der Waals surface area (Å²) in [6.07, 6.45) is 2.06. The highest BCUT2D eigenvalue weighted by atomic mass is 32.2. The van der Waals surface area contributed by atoms with Gasteiger partial charge in [-0.2, -0.15) is 15.3 Å². The smallest absolute Gasteiger partial charge is 0.244 e. The number of aryl methyl sites for hydroxylation is 1. The molecule has 0 fully saturated rings. The van der Waals surface area contributed by atoms with Crippen LogP contribution in [0.25, 0.3) is 11.3 Å². The van der Waals surface area contributed by atoms with Crippen LogP contribution >= 0.6 is 0 Å². The normalized spacial score (nSPS) is 15.9. The molecule has 1 aromatic heterocycles. The summed E-state index contributed by atoms with van der Waals surface area (Å²) in [6.45, 7) is 2.15. The van der Waals surface area contributed by atoms with Crippen LogP contribution in [-0.4, -0.2) is 30.4 Å². The van der Waals surface area contributed by atoms with Gasteiger partial charge in [-0.1, -0.05) is 30.3 Å². The van der Waals surface area contributed by atoms with Gasteiger partial charge in [0, 0.05) is 31.8 Å². The van der Waals surface area contributed by atoms with Gasteiger partial charge in [0.1, 0.15) is 10.6 Å². The van der Waals surface area contributed by atoms with Crippen LogP contribution < -0.4 is 4.72 Å². The van der Waals surface area contributed by atoms with E-state index in [1.807, 2.05) is 37.3 Å².